The number of benzene rings is 2. The van der Waals surface area contributed by atoms with Crippen molar-refractivity contribution in [3.8, 4) is 11.3 Å². The fourth-order valence-corrected chi connectivity index (χ4v) is 3.14. The minimum Gasteiger partial charge on any atom is -0.441 e. The van der Waals surface area contributed by atoms with Crippen molar-refractivity contribution >= 4 is 33.4 Å². The second-order valence-corrected chi connectivity index (χ2v) is 7.62. The van der Waals surface area contributed by atoms with Crippen LogP contribution in [-0.2, 0) is 16.0 Å². The molecule has 2 N–H and O–H groups in total. The number of hydrogen-bond acceptors (Lipinski definition) is 4. The number of carbonyl (C=O) groups is 2. The Morgan fingerprint density at radius 3 is 2.73 bits per heavy atom. The maximum absolute atomic E-state index is 13.8. The van der Waals surface area contributed by atoms with Crippen molar-refractivity contribution in [2.45, 2.75) is 26.2 Å². The number of hydrogen-bond donors (Lipinski definition) is 2. The van der Waals surface area contributed by atoms with Gasteiger partial charge in [-0.15, -0.1) is 0 Å². The van der Waals surface area contributed by atoms with E-state index in [4.69, 9.17) is 4.42 Å². The molecule has 0 spiro atoms. The number of anilines is 1. The van der Waals surface area contributed by atoms with Crippen LogP contribution in [0.25, 0.3) is 11.3 Å². The first-order valence-corrected chi connectivity index (χ1v) is 10.2. The molecule has 0 atom stereocenters. The number of nitrogens with zero attached hydrogens (tertiary/aromatic N) is 1. The molecule has 30 heavy (non-hydrogen) atoms. The molecule has 156 valence electrons. The van der Waals surface area contributed by atoms with Crippen molar-refractivity contribution < 1.29 is 18.4 Å². The van der Waals surface area contributed by atoms with Gasteiger partial charge < -0.3 is 15.1 Å². The first-order valence-electron chi connectivity index (χ1n) is 9.44. The Morgan fingerprint density at radius 2 is 1.93 bits per heavy atom. The molecular weight excluding hydrogens is 453 g/mol. The van der Waals surface area contributed by atoms with Crippen molar-refractivity contribution in [3.05, 3.63) is 70.4 Å². The van der Waals surface area contributed by atoms with Gasteiger partial charge >= 0.3 is 0 Å². The van der Waals surface area contributed by atoms with Crippen molar-refractivity contribution in [3.63, 3.8) is 0 Å². The van der Waals surface area contributed by atoms with E-state index in [0.29, 0.717) is 17.2 Å². The van der Waals surface area contributed by atoms with Crippen LogP contribution in [0.5, 0.6) is 0 Å². The molecule has 0 saturated carbocycles. The van der Waals surface area contributed by atoms with Gasteiger partial charge in [0.2, 0.25) is 11.8 Å². The van der Waals surface area contributed by atoms with Crippen molar-refractivity contribution in [2.75, 3.05) is 11.9 Å². The summed E-state index contributed by atoms with van der Waals surface area (Å²) in [4.78, 5) is 28.2. The van der Waals surface area contributed by atoms with Crippen molar-refractivity contribution in [1.82, 2.24) is 10.3 Å². The predicted molar refractivity (Wildman–Crippen MR) is 115 cm³/mol. The Morgan fingerprint density at radius 1 is 1.13 bits per heavy atom. The summed E-state index contributed by atoms with van der Waals surface area (Å²) >= 11 is 3.37. The number of aromatic nitrogens is 1. The molecule has 1 heterocycles. The van der Waals surface area contributed by atoms with Crippen LogP contribution in [0.1, 0.15) is 24.3 Å². The predicted octanol–water partition coefficient (Wildman–Crippen LogP) is 4.63. The molecule has 0 radical (unpaired) electrons. The number of carbonyl (C=O) groups excluding carboxylic acids is 2. The Labute approximate surface area is 182 Å². The van der Waals surface area contributed by atoms with E-state index in [0.717, 1.165) is 15.7 Å². The highest BCUT2D eigenvalue weighted by atomic mass is 79.9. The average Bonchev–Trinajstić information content (AvgIpc) is 3.18. The van der Waals surface area contributed by atoms with Gasteiger partial charge in [-0.05, 0) is 36.8 Å². The van der Waals surface area contributed by atoms with Crippen molar-refractivity contribution in [2.24, 2.45) is 0 Å². The van der Waals surface area contributed by atoms with Crippen LogP contribution >= 0.6 is 15.9 Å². The summed E-state index contributed by atoms with van der Waals surface area (Å²) < 4.78 is 20.2. The maximum Gasteiger partial charge on any atom is 0.226 e. The Hall–Kier alpha value is -3.00. The quantitative estimate of drug-likeness (QED) is 0.499. The van der Waals surface area contributed by atoms with Crippen LogP contribution < -0.4 is 10.6 Å². The molecule has 1 aromatic heterocycles. The topological polar surface area (TPSA) is 84.2 Å². The van der Waals surface area contributed by atoms with E-state index in [1.165, 1.54) is 12.3 Å². The van der Waals surface area contributed by atoms with Gasteiger partial charge in [0.25, 0.3) is 0 Å². The first kappa shape index (κ1) is 21.7. The van der Waals surface area contributed by atoms with Gasteiger partial charge in [-0.2, -0.15) is 0 Å². The third kappa shape index (κ3) is 6.00. The molecule has 0 aliphatic carbocycles. The number of aryl methyl sites for hydroxylation is 2. The summed E-state index contributed by atoms with van der Waals surface area (Å²) in [6.07, 6.45) is 2.04. The maximum atomic E-state index is 13.8. The summed E-state index contributed by atoms with van der Waals surface area (Å²) in [7, 11) is 0. The summed E-state index contributed by atoms with van der Waals surface area (Å²) in [6.45, 7) is 2.13. The van der Waals surface area contributed by atoms with Crippen LogP contribution in [0.3, 0.4) is 0 Å². The summed E-state index contributed by atoms with van der Waals surface area (Å²) in [5.74, 6) is -0.116. The molecule has 0 saturated heterocycles. The van der Waals surface area contributed by atoms with E-state index in [1.807, 2.05) is 25.1 Å². The molecule has 3 aromatic rings. The van der Waals surface area contributed by atoms with Crippen LogP contribution in [0.2, 0.25) is 0 Å². The lowest BCUT2D eigenvalue weighted by molar-refractivity contribution is -0.121. The molecule has 0 aliphatic rings. The Balaban J connectivity index is 1.41. The van der Waals surface area contributed by atoms with Gasteiger partial charge in [0.1, 0.15) is 5.82 Å². The highest BCUT2D eigenvalue weighted by molar-refractivity contribution is 9.10. The zero-order valence-corrected chi connectivity index (χ0v) is 18.0. The largest absolute Gasteiger partial charge is 0.441 e. The van der Waals surface area contributed by atoms with Crippen LogP contribution in [0, 0.1) is 12.7 Å². The fraction of sp³-hybridized carbons (Fsp3) is 0.227. The molecule has 6 nitrogen and oxygen atoms in total. The van der Waals surface area contributed by atoms with E-state index in [2.05, 4.69) is 31.5 Å². The van der Waals surface area contributed by atoms with Gasteiger partial charge in [0.15, 0.2) is 11.7 Å². The smallest absolute Gasteiger partial charge is 0.226 e. The Bertz CT molecular complexity index is 1050. The van der Waals surface area contributed by atoms with Gasteiger partial charge in [-0.3, -0.25) is 9.59 Å². The van der Waals surface area contributed by atoms with Crippen molar-refractivity contribution in [1.29, 1.82) is 0 Å². The van der Waals surface area contributed by atoms with E-state index in [1.54, 1.807) is 18.2 Å². The van der Waals surface area contributed by atoms with E-state index >= 15 is 0 Å². The molecular formula is C22H21BrFN3O3. The summed E-state index contributed by atoms with van der Waals surface area (Å²) in [5, 5.41) is 5.53. The molecule has 0 fully saturated rings. The highest BCUT2D eigenvalue weighted by Gasteiger charge is 2.12. The second kappa shape index (κ2) is 10.2. The molecule has 0 unspecified atom stereocenters. The third-order valence-corrected chi connectivity index (χ3v) is 4.90. The molecule has 2 amide bonds. The third-order valence-electron chi connectivity index (χ3n) is 4.41. The van der Waals surface area contributed by atoms with E-state index in [-0.39, 0.29) is 37.6 Å². The molecule has 0 bridgehead atoms. The molecule has 3 rings (SSSR count). The number of oxazole rings is 1. The standard InChI is InChI=1S/C22H21BrFN3O3/c1-14-6-7-15(23)12-18(14)27-21(29)10-11-25-20(28)8-9-22-26-13-19(30-22)16-4-2-3-5-17(16)24/h2-7,12-13H,8-11H2,1H3,(H,25,28)(H,27,29). The summed E-state index contributed by atoms with van der Waals surface area (Å²) in [6, 6.07) is 11.9. The molecule has 8 heteroatoms. The lowest BCUT2D eigenvalue weighted by atomic mass is 10.2. The number of halogens is 2. The highest BCUT2D eigenvalue weighted by Crippen LogP contribution is 2.23. The molecule has 0 aliphatic heterocycles. The van der Waals surface area contributed by atoms with Gasteiger partial charge in [-0.1, -0.05) is 34.1 Å². The van der Waals surface area contributed by atoms with Crippen LogP contribution in [0.15, 0.2) is 57.6 Å². The normalized spacial score (nSPS) is 10.6. The monoisotopic (exact) mass is 473 g/mol. The van der Waals surface area contributed by atoms with Crippen LogP contribution in [0.4, 0.5) is 10.1 Å². The number of rotatable bonds is 8. The minimum absolute atomic E-state index is 0.156. The molecule has 2 aromatic carbocycles. The second-order valence-electron chi connectivity index (χ2n) is 6.71. The zero-order valence-electron chi connectivity index (χ0n) is 16.4. The van der Waals surface area contributed by atoms with Gasteiger partial charge in [0, 0.05) is 36.0 Å². The zero-order chi connectivity index (χ0) is 21.5. The first-order chi connectivity index (χ1) is 14.4. The minimum atomic E-state index is -0.394. The Kier molecular flexibility index (Phi) is 7.35. The average molecular weight is 474 g/mol. The van der Waals surface area contributed by atoms with Gasteiger partial charge in [-0.25, -0.2) is 9.37 Å². The summed E-state index contributed by atoms with van der Waals surface area (Å²) in [5.41, 5.74) is 2.01. The van der Waals surface area contributed by atoms with Gasteiger partial charge in [0.05, 0.1) is 11.8 Å². The van der Waals surface area contributed by atoms with E-state index in [9.17, 15) is 14.0 Å². The van der Waals surface area contributed by atoms with E-state index < -0.39 is 5.82 Å². The lowest BCUT2D eigenvalue weighted by Gasteiger charge is -2.09. The fourth-order valence-electron chi connectivity index (χ4n) is 2.78. The number of amides is 2. The van der Waals surface area contributed by atoms with Crippen LogP contribution in [-0.4, -0.2) is 23.3 Å². The number of nitrogens with one attached hydrogen (secondary N) is 2. The lowest BCUT2D eigenvalue weighted by Crippen LogP contribution is -2.27. The SMILES string of the molecule is Cc1ccc(Br)cc1NC(=O)CCNC(=O)CCc1ncc(-c2ccccc2F)o1.